The number of carbonyl (C=O) groups is 4. The number of nitrogens with zero attached hydrogens (tertiary/aromatic N) is 3. The molecule has 0 bridgehead atoms. The van der Waals surface area contributed by atoms with Gasteiger partial charge in [0.15, 0.2) is 0 Å². The van der Waals surface area contributed by atoms with E-state index in [1.807, 2.05) is 6.92 Å². The van der Waals surface area contributed by atoms with Crippen molar-refractivity contribution in [1.29, 1.82) is 0 Å². The quantitative estimate of drug-likeness (QED) is 0.199. The van der Waals surface area contributed by atoms with Gasteiger partial charge in [-0.1, -0.05) is 44.2 Å². The fourth-order valence-electron chi connectivity index (χ4n) is 8.33. The second kappa shape index (κ2) is 16.7. The molecule has 4 amide bonds. The monoisotopic (exact) mass is 865 g/mol. The average molecular weight is 866 g/mol. The van der Waals surface area contributed by atoms with Gasteiger partial charge >= 0.3 is 12.3 Å². The summed E-state index contributed by atoms with van der Waals surface area (Å²) in [5, 5.41) is 14.4. The minimum Gasteiger partial charge on any atom is -0.489 e. The molecule has 2 saturated carbocycles. The molecule has 1 aromatic carbocycles. The Labute approximate surface area is 347 Å². The number of nitrogens with one attached hydrogen (secondary N) is 2. The fraction of sp³-hybridized carbons (Fsp3) is 0.634. The summed E-state index contributed by atoms with van der Waals surface area (Å²) in [7, 11) is -2.59. The number of carboxylic acid groups (broad SMARTS) is 1. The van der Waals surface area contributed by atoms with E-state index in [0.29, 0.717) is 62.7 Å². The van der Waals surface area contributed by atoms with E-state index in [1.54, 1.807) is 36.4 Å². The minimum absolute atomic E-state index is 0.0460. The van der Waals surface area contributed by atoms with Crippen LogP contribution in [0, 0.1) is 17.8 Å². The van der Waals surface area contributed by atoms with Crippen LogP contribution in [0.3, 0.4) is 0 Å². The van der Waals surface area contributed by atoms with Crippen LogP contribution in [0.25, 0.3) is 10.8 Å². The summed E-state index contributed by atoms with van der Waals surface area (Å²) < 4.78 is 89.0. The van der Waals surface area contributed by atoms with Crippen molar-refractivity contribution in [2.45, 2.75) is 120 Å². The van der Waals surface area contributed by atoms with Crippen molar-refractivity contribution in [2.75, 3.05) is 26.9 Å². The molecule has 2 aromatic rings. The molecule has 6 rings (SSSR count). The summed E-state index contributed by atoms with van der Waals surface area (Å²) in [5.41, 5.74) is -4.77. The predicted molar refractivity (Wildman–Crippen MR) is 212 cm³/mol. The van der Waals surface area contributed by atoms with Gasteiger partial charge in [-0.2, -0.15) is 13.2 Å². The average Bonchev–Trinajstić information content (AvgIpc) is 4.05. The number of alkyl halides is 3. The third-order valence-corrected chi connectivity index (χ3v) is 14.7. The van der Waals surface area contributed by atoms with Gasteiger partial charge in [0, 0.05) is 30.2 Å². The van der Waals surface area contributed by atoms with Gasteiger partial charge in [0.2, 0.25) is 27.7 Å². The van der Waals surface area contributed by atoms with E-state index in [2.05, 4.69) is 15.0 Å². The first-order valence-electron chi connectivity index (χ1n) is 20.2. The molecular weight excluding hydrogens is 812 g/mol. The lowest BCUT2D eigenvalue weighted by molar-refractivity contribution is -0.222. The van der Waals surface area contributed by atoms with Gasteiger partial charge in [-0.15, -0.1) is 0 Å². The molecule has 0 unspecified atom stereocenters. The zero-order valence-corrected chi connectivity index (χ0v) is 35.4. The Bertz CT molecular complexity index is 2130. The van der Waals surface area contributed by atoms with Gasteiger partial charge in [0.25, 0.3) is 5.91 Å². The van der Waals surface area contributed by atoms with Gasteiger partial charge in [0.05, 0.1) is 24.1 Å². The molecule has 330 valence electrons. The largest absolute Gasteiger partial charge is 0.489 e. The second-order valence-corrected chi connectivity index (χ2v) is 19.6. The smallest absolute Gasteiger partial charge is 0.411 e. The molecule has 1 saturated heterocycles. The van der Waals surface area contributed by atoms with Crippen LogP contribution in [0.1, 0.15) is 79.6 Å². The number of pyridine rings is 1. The summed E-state index contributed by atoms with van der Waals surface area (Å²) in [6.07, 6.45) is -1.46. The molecule has 1 aromatic heterocycles. The molecule has 3 heterocycles. The highest BCUT2D eigenvalue weighted by Crippen LogP contribution is 2.48. The first-order valence-corrected chi connectivity index (χ1v) is 21.7. The zero-order chi connectivity index (χ0) is 44.0. The summed E-state index contributed by atoms with van der Waals surface area (Å²) in [5.74, 6) is -4.11. The number of hydrogen-bond acceptors (Lipinski definition) is 10. The van der Waals surface area contributed by atoms with Gasteiger partial charge in [-0.05, 0) is 77.2 Å². The Morgan fingerprint density at radius 3 is 2.42 bits per heavy atom. The maximum atomic E-state index is 15.0. The molecule has 0 spiro atoms. The number of fused-ring (bicyclic) bond motifs is 3. The highest BCUT2D eigenvalue weighted by Gasteiger charge is 2.64. The molecule has 2 aliphatic carbocycles. The molecule has 0 radical (unpaired) electrons. The van der Waals surface area contributed by atoms with Crippen molar-refractivity contribution in [1.82, 2.24) is 24.8 Å². The number of aromatic nitrogens is 1. The number of carbonyl (C=O) groups excluding carboxylic acids is 3. The van der Waals surface area contributed by atoms with Crippen molar-refractivity contribution >= 4 is 44.6 Å². The van der Waals surface area contributed by atoms with Crippen LogP contribution in [0.4, 0.5) is 18.0 Å². The predicted octanol–water partition coefficient (Wildman–Crippen LogP) is 5.18. The molecule has 3 N–H and O–H groups in total. The highest BCUT2D eigenvalue weighted by molar-refractivity contribution is 7.91. The summed E-state index contributed by atoms with van der Waals surface area (Å²) in [6.45, 7) is 6.45. The molecule has 15 nitrogen and oxygen atoms in total. The highest BCUT2D eigenvalue weighted by atomic mass is 32.2. The molecule has 60 heavy (non-hydrogen) atoms. The molecule has 4 aliphatic rings. The number of allylic oxidation sites excluding steroid dienone is 1. The second-order valence-electron chi connectivity index (χ2n) is 17.4. The lowest BCUT2D eigenvalue weighted by Gasteiger charge is -2.45. The van der Waals surface area contributed by atoms with Gasteiger partial charge in [-0.25, -0.2) is 18.2 Å². The van der Waals surface area contributed by atoms with Gasteiger partial charge in [0.1, 0.15) is 41.6 Å². The first kappa shape index (κ1) is 44.9. The maximum Gasteiger partial charge on any atom is 0.411 e. The maximum absolute atomic E-state index is 15.0. The van der Waals surface area contributed by atoms with Crippen molar-refractivity contribution in [3.05, 3.63) is 42.6 Å². The zero-order valence-electron chi connectivity index (χ0n) is 34.6. The lowest BCUT2D eigenvalue weighted by atomic mass is 9.85. The van der Waals surface area contributed by atoms with Crippen molar-refractivity contribution < 1.29 is 60.1 Å². The SMILES string of the molecule is COCCOc1cnc(O[C@@H]2C[C@H]3C(=O)N[C@]4(C(=O)NS(=O)(=O)C5(C)CC5)C[C@H]4C=CCC[C@@H](C)C[C@@H](C)[C@H](N(C(=O)O)C(C)(C)C(F)(F)F)C(=O)N3C2)c2ccccc12. The summed E-state index contributed by atoms with van der Waals surface area (Å²) in [4.78, 5) is 62.2. The van der Waals surface area contributed by atoms with E-state index in [4.69, 9.17) is 14.2 Å². The van der Waals surface area contributed by atoms with E-state index in [9.17, 15) is 41.1 Å². The third kappa shape index (κ3) is 8.74. The molecule has 19 heteroatoms. The standard InChI is InChI=1S/C41H54F3N5O10S/c1-24-11-7-8-12-26-21-40(26,36(52)47-60(55,56)39(5)15-16-39)46-33(50)30-20-27(59-34-29-14-10-9-13-28(29)31(22-45-34)58-18-17-57-6)23-48(30)35(51)32(25(2)19-24)49(37(53)54)38(3,4)41(42,43)44/h8-10,12-14,22,24-27,30,32H,7,11,15-21,23H2,1-6H3,(H,46,50)(H,47,52)(H,53,54)/t24-,25-,26-,27-,30+,32+,40-/m1/s1. The van der Waals surface area contributed by atoms with E-state index >= 15 is 4.79 Å². The van der Waals surface area contributed by atoms with Crippen LogP contribution in [0.15, 0.2) is 42.6 Å². The number of halogens is 3. The van der Waals surface area contributed by atoms with Crippen LogP contribution in [-0.2, 0) is 29.1 Å². The Balaban J connectivity index is 1.41. The fourth-order valence-corrected chi connectivity index (χ4v) is 9.64. The van der Waals surface area contributed by atoms with E-state index < -0.39 is 85.9 Å². The summed E-state index contributed by atoms with van der Waals surface area (Å²) in [6, 6.07) is 3.65. The van der Waals surface area contributed by atoms with Crippen molar-refractivity contribution in [3.63, 3.8) is 0 Å². The van der Waals surface area contributed by atoms with Crippen LogP contribution in [0.2, 0.25) is 0 Å². The van der Waals surface area contributed by atoms with Crippen LogP contribution < -0.4 is 19.5 Å². The molecule has 7 atom stereocenters. The third-order valence-electron chi connectivity index (χ3n) is 12.5. The van der Waals surface area contributed by atoms with E-state index in [0.717, 1.165) is 4.90 Å². The number of hydrogen-bond donors (Lipinski definition) is 3. The number of benzene rings is 1. The van der Waals surface area contributed by atoms with Gasteiger partial charge < -0.3 is 29.5 Å². The Kier molecular flexibility index (Phi) is 12.5. The van der Waals surface area contributed by atoms with Crippen LogP contribution in [0.5, 0.6) is 11.6 Å². The number of amides is 4. The molecular formula is C41H54F3N5O10S. The van der Waals surface area contributed by atoms with E-state index in [1.165, 1.54) is 27.2 Å². The lowest BCUT2D eigenvalue weighted by Crippen LogP contribution is -2.66. The number of rotatable bonds is 11. The Morgan fingerprint density at radius 2 is 1.78 bits per heavy atom. The molecule has 2 aliphatic heterocycles. The van der Waals surface area contributed by atoms with Crippen LogP contribution >= 0.6 is 0 Å². The number of ether oxygens (including phenoxy) is 3. The minimum atomic E-state index is -5.10. The number of sulfonamides is 1. The number of methoxy groups -OCH3 is 1. The summed E-state index contributed by atoms with van der Waals surface area (Å²) >= 11 is 0. The van der Waals surface area contributed by atoms with E-state index in [-0.39, 0.29) is 49.1 Å². The Hall–Kier alpha value is -4.65. The van der Waals surface area contributed by atoms with Gasteiger partial charge in [-0.3, -0.25) is 24.0 Å². The van der Waals surface area contributed by atoms with Crippen LogP contribution in [-0.4, -0.2) is 119 Å². The first-order chi connectivity index (χ1) is 28.1. The van der Waals surface area contributed by atoms with Crippen molar-refractivity contribution in [2.24, 2.45) is 17.8 Å². The topological polar surface area (TPSA) is 194 Å². The molecule has 3 fully saturated rings. The van der Waals surface area contributed by atoms with Crippen molar-refractivity contribution in [3.8, 4) is 11.6 Å². The normalized spacial score (nSPS) is 28.4. The Morgan fingerprint density at radius 1 is 1.10 bits per heavy atom.